The van der Waals surface area contributed by atoms with E-state index in [0.717, 1.165) is 16.7 Å². The molecule has 2 rings (SSSR count). The van der Waals surface area contributed by atoms with Gasteiger partial charge in [0.15, 0.2) is 0 Å². The molecule has 138 valence electrons. The van der Waals surface area contributed by atoms with Crippen LogP contribution in [0.4, 0.5) is 0 Å². The molecule has 0 saturated carbocycles. The van der Waals surface area contributed by atoms with Crippen LogP contribution in [0.2, 0.25) is 0 Å². The fourth-order valence-electron chi connectivity index (χ4n) is 2.96. The first kappa shape index (κ1) is 19.3. The quantitative estimate of drug-likeness (QED) is 0.820. The number of oxime groups is 1. The van der Waals surface area contributed by atoms with Crippen molar-refractivity contribution in [2.45, 2.75) is 71.3 Å². The Labute approximate surface area is 150 Å². The standard InChI is InChI=1S/C20H29NO4/c1-18(2,3)13-9-12(10-14(16(13)22)19(4,5)6)15-11-20(7,25-21-15)17(23)24-8/h9-10,22H,11H2,1-8H3/t20-/m0/s1. The number of phenolic OH excluding ortho intramolecular Hbond substituents is 1. The Hall–Kier alpha value is -2.04. The lowest BCUT2D eigenvalue weighted by molar-refractivity contribution is -0.164. The number of rotatable bonds is 2. The van der Waals surface area contributed by atoms with Gasteiger partial charge in [0.05, 0.1) is 12.8 Å². The number of aromatic hydroxyl groups is 1. The largest absolute Gasteiger partial charge is 0.507 e. The molecule has 0 fully saturated rings. The van der Waals surface area contributed by atoms with E-state index in [0.29, 0.717) is 17.9 Å². The Balaban J connectivity index is 2.55. The molecule has 0 radical (unpaired) electrons. The summed E-state index contributed by atoms with van der Waals surface area (Å²) >= 11 is 0. The van der Waals surface area contributed by atoms with E-state index in [1.165, 1.54) is 7.11 Å². The van der Waals surface area contributed by atoms with Crippen molar-refractivity contribution >= 4 is 11.7 Å². The molecular formula is C20H29NO4. The molecule has 1 atom stereocenters. The van der Waals surface area contributed by atoms with Gasteiger partial charge >= 0.3 is 5.97 Å². The van der Waals surface area contributed by atoms with Gasteiger partial charge in [-0.2, -0.15) is 0 Å². The summed E-state index contributed by atoms with van der Waals surface area (Å²) in [5.41, 5.74) is 1.68. The predicted octanol–water partition coefficient (Wildman–Crippen LogP) is 4.04. The summed E-state index contributed by atoms with van der Waals surface area (Å²) in [5.74, 6) is -0.129. The van der Waals surface area contributed by atoms with Gasteiger partial charge in [0, 0.05) is 23.1 Å². The molecule has 1 aromatic carbocycles. The van der Waals surface area contributed by atoms with Crippen LogP contribution in [0.3, 0.4) is 0 Å². The number of hydrogen-bond donors (Lipinski definition) is 1. The zero-order chi connectivity index (χ0) is 19.2. The first-order valence-corrected chi connectivity index (χ1v) is 8.51. The van der Waals surface area contributed by atoms with Gasteiger partial charge in [-0.1, -0.05) is 46.7 Å². The Morgan fingerprint density at radius 1 is 1.16 bits per heavy atom. The van der Waals surface area contributed by atoms with Crippen molar-refractivity contribution in [3.8, 4) is 5.75 Å². The predicted molar refractivity (Wildman–Crippen MR) is 98.2 cm³/mol. The fourth-order valence-corrected chi connectivity index (χ4v) is 2.96. The number of hydrogen-bond acceptors (Lipinski definition) is 5. The molecule has 1 aliphatic rings. The Bertz CT molecular complexity index is 687. The van der Waals surface area contributed by atoms with Crippen LogP contribution < -0.4 is 0 Å². The molecule has 1 N–H and O–H groups in total. The van der Waals surface area contributed by atoms with Crippen molar-refractivity contribution in [3.63, 3.8) is 0 Å². The van der Waals surface area contributed by atoms with E-state index in [2.05, 4.69) is 46.7 Å². The van der Waals surface area contributed by atoms with E-state index in [4.69, 9.17) is 9.57 Å². The van der Waals surface area contributed by atoms with Gasteiger partial charge in [-0.15, -0.1) is 0 Å². The SMILES string of the molecule is COC(=O)[C@]1(C)CC(c2cc(C(C)(C)C)c(O)c(C(C)(C)C)c2)=NO1. The molecule has 1 aliphatic heterocycles. The third-order valence-corrected chi connectivity index (χ3v) is 4.54. The highest BCUT2D eigenvalue weighted by Crippen LogP contribution is 2.41. The number of esters is 1. The minimum atomic E-state index is -1.11. The van der Waals surface area contributed by atoms with Crippen LogP contribution in [0.5, 0.6) is 5.75 Å². The van der Waals surface area contributed by atoms with E-state index >= 15 is 0 Å². The summed E-state index contributed by atoms with van der Waals surface area (Å²) in [6.45, 7) is 14.0. The lowest BCUT2D eigenvalue weighted by atomic mass is 9.77. The van der Waals surface area contributed by atoms with E-state index in [-0.39, 0.29) is 10.8 Å². The zero-order valence-corrected chi connectivity index (χ0v) is 16.5. The average molecular weight is 347 g/mol. The highest BCUT2D eigenvalue weighted by atomic mass is 16.7. The van der Waals surface area contributed by atoms with Crippen molar-refractivity contribution in [2.75, 3.05) is 7.11 Å². The molecule has 0 unspecified atom stereocenters. The van der Waals surface area contributed by atoms with E-state index in [1.54, 1.807) is 6.92 Å². The van der Waals surface area contributed by atoms with Crippen LogP contribution in [-0.2, 0) is 25.2 Å². The van der Waals surface area contributed by atoms with Gasteiger partial charge < -0.3 is 14.7 Å². The lowest BCUT2D eigenvalue weighted by Crippen LogP contribution is -2.36. The van der Waals surface area contributed by atoms with Crippen molar-refractivity contribution in [3.05, 3.63) is 28.8 Å². The summed E-state index contributed by atoms with van der Waals surface area (Å²) < 4.78 is 4.82. The minimum absolute atomic E-state index is 0.230. The molecule has 25 heavy (non-hydrogen) atoms. The third-order valence-electron chi connectivity index (χ3n) is 4.54. The van der Waals surface area contributed by atoms with E-state index < -0.39 is 11.6 Å². The molecule has 0 saturated heterocycles. The topological polar surface area (TPSA) is 68.1 Å². The monoisotopic (exact) mass is 347 g/mol. The Morgan fingerprint density at radius 3 is 2.04 bits per heavy atom. The molecule has 5 nitrogen and oxygen atoms in total. The molecule has 0 spiro atoms. The van der Waals surface area contributed by atoms with Crippen LogP contribution in [0, 0.1) is 0 Å². The number of phenols is 1. The normalized spacial score (nSPS) is 20.9. The number of nitrogens with zero attached hydrogens (tertiary/aromatic N) is 1. The van der Waals surface area contributed by atoms with Crippen LogP contribution >= 0.6 is 0 Å². The number of carbonyl (C=O) groups excluding carboxylic acids is 1. The number of carbonyl (C=O) groups is 1. The van der Waals surface area contributed by atoms with Crippen LogP contribution in [-0.4, -0.2) is 29.5 Å². The van der Waals surface area contributed by atoms with Crippen LogP contribution in [0.15, 0.2) is 17.3 Å². The van der Waals surface area contributed by atoms with Crippen molar-refractivity contribution in [2.24, 2.45) is 5.16 Å². The molecule has 0 bridgehead atoms. The molecule has 1 aromatic rings. The maximum absolute atomic E-state index is 12.0. The zero-order valence-electron chi connectivity index (χ0n) is 16.5. The molecule has 1 heterocycles. The van der Waals surface area contributed by atoms with Gasteiger partial charge in [0.2, 0.25) is 5.60 Å². The lowest BCUT2D eigenvalue weighted by Gasteiger charge is -2.28. The number of ether oxygens (including phenoxy) is 1. The molecule has 5 heteroatoms. The molecule has 0 aliphatic carbocycles. The number of benzene rings is 1. The van der Waals surface area contributed by atoms with Crippen molar-refractivity contribution < 1.29 is 19.5 Å². The van der Waals surface area contributed by atoms with Crippen molar-refractivity contribution in [1.82, 2.24) is 0 Å². The summed E-state index contributed by atoms with van der Waals surface area (Å²) in [5, 5.41) is 14.9. The Morgan fingerprint density at radius 2 is 1.64 bits per heavy atom. The maximum Gasteiger partial charge on any atom is 0.353 e. The van der Waals surface area contributed by atoms with Gasteiger partial charge in [-0.25, -0.2) is 4.79 Å². The van der Waals surface area contributed by atoms with Gasteiger partial charge in [0.1, 0.15) is 5.75 Å². The van der Waals surface area contributed by atoms with Gasteiger partial charge in [-0.3, -0.25) is 0 Å². The highest BCUT2D eigenvalue weighted by Gasteiger charge is 2.43. The highest BCUT2D eigenvalue weighted by molar-refractivity contribution is 6.05. The second kappa shape index (κ2) is 6.04. The first-order valence-electron chi connectivity index (χ1n) is 8.51. The van der Waals surface area contributed by atoms with Gasteiger partial charge in [0.25, 0.3) is 0 Å². The Kier molecular flexibility index (Phi) is 4.66. The molecule has 0 amide bonds. The number of methoxy groups -OCH3 is 1. The van der Waals surface area contributed by atoms with E-state index in [1.807, 2.05) is 12.1 Å². The summed E-state index contributed by atoms with van der Waals surface area (Å²) in [6.07, 6.45) is 0.331. The molecule has 0 aromatic heterocycles. The minimum Gasteiger partial charge on any atom is -0.507 e. The van der Waals surface area contributed by atoms with Gasteiger partial charge in [-0.05, 0) is 29.9 Å². The maximum atomic E-state index is 12.0. The first-order chi connectivity index (χ1) is 11.3. The smallest absolute Gasteiger partial charge is 0.353 e. The summed E-state index contributed by atoms with van der Waals surface area (Å²) in [7, 11) is 1.34. The van der Waals surface area contributed by atoms with Crippen LogP contribution in [0.25, 0.3) is 0 Å². The average Bonchev–Trinajstić information content (AvgIpc) is 2.88. The third kappa shape index (κ3) is 3.65. The second-order valence-corrected chi connectivity index (χ2v) is 8.95. The summed E-state index contributed by atoms with van der Waals surface area (Å²) in [6, 6.07) is 3.88. The van der Waals surface area contributed by atoms with Crippen molar-refractivity contribution in [1.29, 1.82) is 0 Å². The van der Waals surface area contributed by atoms with E-state index in [9.17, 15) is 9.90 Å². The van der Waals surface area contributed by atoms with Crippen LogP contribution in [0.1, 0.15) is 71.6 Å². The summed E-state index contributed by atoms with van der Waals surface area (Å²) in [4.78, 5) is 17.4. The molecular weight excluding hydrogens is 318 g/mol. The second-order valence-electron chi connectivity index (χ2n) is 8.95. The fraction of sp³-hybridized carbons (Fsp3) is 0.600.